The number of hydrogen-bond acceptors (Lipinski definition) is 6. The van der Waals surface area contributed by atoms with Crippen LogP contribution in [0.5, 0.6) is 0 Å². The molecule has 1 aromatic carbocycles. The molecule has 130 valence electrons. The fourth-order valence-corrected chi connectivity index (χ4v) is 2.60. The Bertz CT molecular complexity index is 907. The zero-order chi connectivity index (χ0) is 17.8. The molecule has 2 aromatic rings. The van der Waals surface area contributed by atoms with E-state index in [9.17, 15) is 19.7 Å². The summed E-state index contributed by atoms with van der Waals surface area (Å²) in [6.07, 6.45) is 2.94. The van der Waals surface area contributed by atoms with Gasteiger partial charge >= 0.3 is 16.9 Å². The van der Waals surface area contributed by atoms with E-state index >= 15 is 0 Å². The molecular formula is C16H16N4O5. The molecule has 0 amide bonds. The lowest BCUT2D eigenvalue weighted by Gasteiger charge is -2.28. The number of aromatic nitrogens is 2. The Kier molecular flexibility index (Phi) is 4.75. The van der Waals surface area contributed by atoms with E-state index in [1.807, 2.05) is 29.2 Å². The van der Waals surface area contributed by atoms with Gasteiger partial charge in [0.15, 0.2) is 0 Å². The normalized spacial score (nSPS) is 14.8. The van der Waals surface area contributed by atoms with Gasteiger partial charge in [0.25, 0.3) is 0 Å². The van der Waals surface area contributed by atoms with Crippen LogP contribution in [0.3, 0.4) is 0 Å². The Morgan fingerprint density at radius 2 is 1.76 bits per heavy atom. The van der Waals surface area contributed by atoms with E-state index in [4.69, 9.17) is 4.74 Å². The summed E-state index contributed by atoms with van der Waals surface area (Å²) in [4.78, 5) is 39.4. The highest BCUT2D eigenvalue weighted by Gasteiger charge is 2.18. The van der Waals surface area contributed by atoms with Gasteiger partial charge in [-0.25, -0.2) is 4.79 Å². The largest absolute Gasteiger partial charge is 0.378 e. The molecule has 1 aliphatic rings. The average Bonchev–Trinajstić information content (AvgIpc) is 2.60. The van der Waals surface area contributed by atoms with Gasteiger partial charge in [0.05, 0.1) is 18.1 Å². The van der Waals surface area contributed by atoms with Crippen LogP contribution in [0, 0.1) is 10.1 Å². The Morgan fingerprint density at radius 1 is 1.08 bits per heavy atom. The summed E-state index contributed by atoms with van der Waals surface area (Å²) in [5.41, 5.74) is -0.811. The molecule has 0 saturated carbocycles. The summed E-state index contributed by atoms with van der Waals surface area (Å²) >= 11 is 0. The zero-order valence-electron chi connectivity index (χ0n) is 13.2. The fourth-order valence-electron chi connectivity index (χ4n) is 2.60. The summed E-state index contributed by atoms with van der Waals surface area (Å²) in [6.45, 7) is 3.05. The van der Waals surface area contributed by atoms with Crippen LogP contribution in [-0.4, -0.2) is 41.2 Å². The molecular weight excluding hydrogens is 328 g/mol. The first-order valence-electron chi connectivity index (χ1n) is 7.66. The minimum Gasteiger partial charge on any atom is -0.378 e. The third kappa shape index (κ3) is 3.83. The van der Waals surface area contributed by atoms with Gasteiger partial charge in [-0.15, -0.1) is 0 Å². The lowest BCUT2D eigenvalue weighted by atomic mass is 10.1. The van der Waals surface area contributed by atoms with Crippen LogP contribution >= 0.6 is 0 Å². The predicted molar refractivity (Wildman–Crippen MR) is 92.7 cm³/mol. The van der Waals surface area contributed by atoms with Gasteiger partial charge in [-0.3, -0.25) is 19.9 Å². The van der Waals surface area contributed by atoms with Crippen molar-refractivity contribution < 1.29 is 9.66 Å². The Balaban J connectivity index is 1.84. The maximum atomic E-state index is 11.6. The second-order valence-electron chi connectivity index (χ2n) is 5.45. The second kappa shape index (κ2) is 7.14. The lowest BCUT2D eigenvalue weighted by Crippen LogP contribution is -2.36. The molecule has 2 N–H and O–H groups in total. The van der Waals surface area contributed by atoms with Crippen molar-refractivity contribution in [2.45, 2.75) is 0 Å². The molecule has 9 heteroatoms. The van der Waals surface area contributed by atoms with Crippen LogP contribution in [0.4, 0.5) is 11.4 Å². The van der Waals surface area contributed by atoms with Gasteiger partial charge in [-0.2, -0.15) is 0 Å². The summed E-state index contributed by atoms with van der Waals surface area (Å²) in [5, 5.41) is 11.0. The van der Waals surface area contributed by atoms with Crippen molar-refractivity contribution in [1.29, 1.82) is 0 Å². The maximum Gasteiger partial charge on any atom is 0.357 e. The van der Waals surface area contributed by atoms with Gasteiger partial charge in [0.1, 0.15) is 5.69 Å². The summed E-state index contributed by atoms with van der Waals surface area (Å²) < 4.78 is 5.32. The highest BCUT2D eigenvalue weighted by atomic mass is 16.6. The molecule has 1 fully saturated rings. The second-order valence-corrected chi connectivity index (χ2v) is 5.45. The van der Waals surface area contributed by atoms with Crippen LogP contribution in [-0.2, 0) is 4.74 Å². The molecule has 1 saturated heterocycles. The van der Waals surface area contributed by atoms with Crippen molar-refractivity contribution in [2.24, 2.45) is 0 Å². The van der Waals surface area contributed by atoms with Crippen LogP contribution in [0.2, 0.25) is 0 Å². The van der Waals surface area contributed by atoms with Crippen molar-refractivity contribution in [3.8, 4) is 0 Å². The van der Waals surface area contributed by atoms with E-state index in [1.54, 1.807) is 6.08 Å². The SMILES string of the molecule is O=c1[nH]c(/C=C/c2ccc(N3CCOCC3)cc2)c([N+](=O)[O-])c(=O)[nH]1. The topological polar surface area (TPSA) is 121 Å². The Labute approximate surface area is 141 Å². The Morgan fingerprint density at radius 3 is 2.40 bits per heavy atom. The van der Waals surface area contributed by atoms with Crippen molar-refractivity contribution in [1.82, 2.24) is 9.97 Å². The van der Waals surface area contributed by atoms with E-state index < -0.39 is 21.9 Å². The third-order valence-electron chi connectivity index (χ3n) is 3.84. The highest BCUT2D eigenvalue weighted by molar-refractivity contribution is 5.72. The summed E-state index contributed by atoms with van der Waals surface area (Å²) in [5.74, 6) is 0. The van der Waals surface area contributed by atoms with E-state index in [1.165, 1.54) is 6.08 Å². The van der Waals surface area contributed by atoms with Gasteiger partial charge in [-0.05, 0) is 23.8 Å². The van der Waals surface area contributed by atoms with Gasteiger partial charge < -0.3 is 14.6 Å². The molecule has 1 aliphatic heterocycles. The van der Waals surface area contributed by atoms with E-state index in [-0.39, 0.29) is 5.69 Å². The molecule has 0 unspecified atom stereocenters. The molecule has 0 spiro atoms. The van der Waals surface area contributed by atoms with E-state index in [0.29, 0.717) is 13.2 Å². The highest BCUT2D eigenvalue weighted by Crippen LogP contribution is 2.18. The predicted octanol–water partition coefficient (Wildman–Crippen LogP) is 0.978. The molecule has 0 aliphatic carbocycles. The third-order valence-corrected chi connectivity index (χ3v) is 3.84. The monoisotopic (exact) mass is 344 g/mol. The number of anilines is 1. The first-order chi connectivity index (χ1) is 12.0. The molecule has 0 atom stereocenters. The standard InChI is InChI=1S/C16H16N4O5/c21-15-14(20(23)24)13(17-16(22)18-15)6-3-11-1-4-12(5-2-11)19-7-9-25-10-8-19/h1-6H,7-10H2,(H2,17,18,21,22)/b6-3+. The van der Waals surface area contributed by atoms with Crippen LogP contribution in [0.15, 0.2) is 33.9 Å². The summed E-state index contributed by atoms with van der Waals surface area (Å²) in [6, 6.07) is 7.61. The number of rotatable bonds is 4. The number of nitro groups is 1. The number of H-pyrrole nitrogens is 2. The first-order valence-corrected chi connectivity index (χ1v) is 7.66. The molecule has 0 bridgehead atoms. The minimum absolute atomic E-state index is 0.143. The number of aromatic amines is 2. The molecule has 25 heavy (non-hydrogen) atoms. The number of nitrogens with one attached hydrogen (secondary N) is 2. The quantitative estimate of drug-likeness (QED) is 0.630. The summed E-state index contributed by atoms with van der Waals surface area (Å²) in [7, 11) is 0. The molecule has 9 nitrogen and oxygen atoms in total. The average molecular weight is 344 g/mol. The van der Waals surface area contributed by atoms with Crippen LogP contribution in [0.1, 0.15) is 11.3 Å². The first kappa shape index (κ1) is 16.7. The van der Waals surface area contributed by atoms with Crippen molar-refractivity contribution in [3.63, 3.8) is 0 Å². The van der Waals surface area contributed by atoms with E-state index in [2.05, 4.69) is 9.88 Å². The minimum atomic E-state index is -1.03. The van der Waals surface area contributed by atoms with Crippen molar-refractivity contribution in [3.05, 3.63) is 66.5 Å². The number of nitrogens with zero attached hydrogens (tertiary/aromatic N) is 2. The van der Waals surface area contributed by atoms with E-state index in [0.717, 1.165) is 24.3 Å². The Hall–Kier alpha value is -3.20. The lowest BCUT2D eigenvalue weighted by molar-refractivity contribution is -0.386. The molecule has 1 aromatic heterocycles. The number of ether oxygens (including phenoxy) is 1. The van der Waals surface area contributed by atoms with Gasteiger partial charge in [0.2, 0.25) is 0 Å². The number of hydrogen-bond donors (Lipinski definition) is 2. The van der Waals surface area contributed by atoms with Crippen molar-refractivity contribution >= 4 is 23.5 Å². The number of benzene rings is 1. The maximum absolute atomic E-state index is 11.6. The zero-order valence-corrected chi connectivity index (χ0v) is 13.2. The molecule has 2 heterocycles. The number of morpholine rings is 1. The van der Waals surface area contributed by atoms with Gasteiger partial charge in [-0.1, -0.05) is 18.2 Å². The van der Waals surface area contributed by atoms with Crippen LogP contribution in [0.25, 0.3) is 12.2 Å². The van der Waals surface area contributed by atoms with Gasteiger partial charge in [0, 0.05) is 18.8 Å². The van der Waals surface area contributed by atoms with Crippen molar-refractivity contribution in [2.75, 3.05) is 31.2 Å². The molecule has 3 rings (SSSR count). The molecule has 0 radical (unpaired) electrons. The van der Waals surface area contributed by atoms with Crippen LogP contribution < -0.4 is 16.1 Å². The smallest absolute Gasteiger partial charge is 0.357 e. The fraction of sp³-hybridized carbons (Fsp3) is 0.250.